The van der Waals surface area contributed by atoms with Crippen molar-refractivity contribution in [3.63, 3.8) is 0 Å². The lowest BCUT2D eigenvalue weighted by Gasteiger charge is -2.29. The van der Waals surface area contributed by atoms with Gasteiger partial charge in [-0.15, -0.1) is 0 Å². The molecule has 0 saturated heterocycles. The zero-order chi connectivity index (χ0) is 16.8. The Morgan fingerprint density at radius 2 is 1.64 bits per heavy atom. The number of hydrogen-bond acceptors (Lipinski definition) is 3. The molecule has 1 radical (unpaired) electrons. The highest BCUT2D eigenvalue weighted by Crippen LogP contribution is 2.38. The molecule has 0 spiro atoms. The summed E-state index contributed by atoms with van der Waals surface area (Å²) in [6.07, 6.45) is 2.09. The molecule has 3 heteroatoms. The van der Waals surface area contributed by atoms with E-state index < -0.39 is 0 Å². The van der Waals surface area contributed by atoms with Crippen molar-refractivity contribution in [3.05, 3.63) is 29.3 Å². The minimum atomic E-state index is 0.0435. The van der Waals surface area contributed by atoms with Gasteiger partial charge in [-0.2, -0.15) is 0 Å². The van der Waals surface area contributed by atoms with Crippen LogP contribution in [0.4, 0.5) is 0 Å². The normalized spacial score (nSPS) is 12.1. The quantitative estimate of drug-likeness (QED) is 0.629. The van der Waals surface area contributed by atoms with Gasteiger partial charge in [0.05, 0.1) is 0 Å². The van der Waals surface area contributed by atoms with Crippen LogP contribution in [0, 0.1) is 0 Å². The number of benzene rings is 1. The van der Waals surface area contributed by atoms with E-state index in [0.29, 0.717) is 6.61 Å². The summed E-state index contributed by atoms with van der Waals surface area (Å²) in [5, 5.41) is 0. The molecule has 0 aliphatic rings. The Balaban J connectivity index is 3.14. The summed E-state index contributed by atoms with van der Waals surface area (Å²) in [6, 6.07) is 6.53. The Labute approximate surface area is 135 Å². The molecular weight excluding hydrogens is 276 g/mol. The minimum Gasteiger partial charge on any atom is -0.490 e. The summed E-state index contributed by atoms with van der Waals surface area (Å²) in [5.41, 5.74) is 2.62. The Bertz CT molecular complexity index is 489. The predicted molar refractivity (Wildman–Crippen MR) is 90.2 cm³/mol. The average Bonchev–Trinajstić information content (AvgIpc) is 2.51. The maximum Gasteiger partial charge on any atom is 0.417 e. The van der Waals surface area contributed by atoms with Gasteiger partial charge in [0.2, 0.25) is 0 Å². The Morgan fingerprint density at radius 1 is 1.00 bits per heavy atom. The number of hydrogen-bond donors (Lipinski definition) is 0. The third-order valence-corrected chi connectivity index (χ3v) is 4.76. The molecule has 0 aliphatic carbocycles. The molecule has 0 heterocycles. The monoisotopic (exact) mass is 305 g/mol. The molecule has 0 N–H and O–H groups in total. The molecule has 1 rings (SSSR count). The van der Waals surface area contributed by atoms with E-state index in [-0.39, 0.29) is 17.4 Å². The third kappa shape index (κ3) is 4.49. The van der Waals surface area contributed by atoms with Crippen LogP contribution < -0.4 is 4.74 Å². The first-order valence-electron chi connectivity index (χ1n) is 8.05. The maximum absolute atomic E-state index is 10.1. The first kappa shape index (κ1) is 18.5. The van der Waals surface area contributed by atoms with Crippen molar-refractivity contribution in [1.82, 2.24) is 0 Å². The first-order chi connectivity index (χ1) is 10.3. The molecule has 3 nitrogen and oxygen atoms in total. The van der Waals surface area contributed by atoms with Gasteiger partial charge in [0.25, 0.3) is 0 Å². The Kier molecular flexibility index (Phi) is 6.46. The lowest BCUT2D eigenvalue weighted by molar-refractivity contribution is 0.197. The molecule has 0 fully saturated rings. The van der Waals surface area contributed by atoms with Crippen molar-refractivity contribution in [2.75, 3.05) is 13.2 Å². The van der Waals surface area contributed by atoms with E-state index in [2.05, 4.69) is 64.5 Å². The zero-order valence-corrected chi connectivity index (χ0v) is 14.8. The molecule has 0 saturated carbocycles. The number of rotatable bonds is 9. The molecule has 22 heavy (non-hydrogen) atoms. The predicted octanol–water partition coefficient (Wildman–Crippen LogP) is 4.52. The second-order valence-electron chi connectivity index (χ2n) is 6.97. The van der Waals surface area contributed by atoms with Crippen LogP contribution >= 0.6 is 0 Å². The van der Waals surface area contributed by atoms with Crippen LogP contribution in [-0.2, 0) is 20.4 Å². The van der Waals surface area contributed by atoms with Crippen molar-refractivity contribution >= 4 is 6.47 Å². The van der Waals surface area contributed by atoms with Crippen LogP contribution in [0.5, 0.6) is 5.75 Å². The minimum absolute atomic E-state index is 0.0435. The van der Waals surface area contributed by atoms with Gasteiger partial charge in [-0.3, -0.25) is 0 Å². The summed E-state index contributed by atoms with van der Waals surface area (Å²) < 4.78 is 10.5. The second kappa shape index (κ2) is 7.66. The number of carbonyl (C=O) groups excluding carboxylic acids is 1. The molecule has 0 atom stereocenters. The summed E-state index contributed by atoms with van der Waals surface area (Å²) in [7, 11) is 0. The summed E-state index contributed by atoms with van der Waals surface area (Å²) in [5.74, 6) is 0.889. The van der Waals surface area contributed by atoms with Crippen molar-refractivity contribution < 1.29 is 14.3 Å². The molecule has 0 amide bonds. The van der Waals surface area contributed by atoms with Crippen molar-refractivity contribution in [2.24, 2.45) is 0 Å². The highest BCUT2D eigenvalue weighted by atomic mass is 16.5. The van der Waals surface area contributed by atoms with E-state index in [1.807, 2.05) is 0 Å². The van der Waals surface area contributed by atoms with Gasteiger partial charge in [-0.1, -0.05) is 53.7 Å². The molecule has 0 bridgehead atoms. The first-order valence-corrected chi connectivity index (χ1v) is 8.05. The van der Waals surface area contributed by atoms with Gasteiger partial charge in [-0.05, 0) is 40.9 Å². The van der Waals surface area contributed by atoms with Gasteiger partial charge < -0.3 is 9.47 Å². The topological polar surface area (TPSA) is 35.5 Å². The van der Waals surface area contributed by atoms with E-state index in [9.17, 15) is 4.79 Å². The van der Waals surface area contributed by atoms with Gasteiger partial charge in [0.1, 0.15) is 19.0 Å². The van der Waals surface area contributed by atoms with E-state index >= 15 is 0 Å². The highest BCUT2D eigenvalue weighted by Gasteiger charge is 2.25. The fourth-order valence-electron chi connectivity index (χ4n) is 2.25. The molecule has 0 unspecified atom stereocenters. The van der Waals surface area contributed by atoms with Crippen LogP contribution in [0.1, 0.15) is 65.5 Å². The highest BCUT2D eigenvalue weighted by molar-refractivity contribution is 5.44. The van der Waals surface area contributed by atoms with Gasteiger partial charge in [-0.25, -0.2) is 4.79 Å². The molecular formula is C19H29O3. The van der Waals surface area contributed by atoms with E-state index in [1.165, 1.54) is 17.6 Å². The van der Waals surface area contributed by atoms with Gasteiger partial charge >= 0.3 is 6.47 Å². The fourth-order valence-corrected chi connectivity index (χ4v) is 2.25. The molecule has 123 valence electrons. The molecule has 0 aromatic heterocycles. The summed E-state index contributed by atoms with van der Waals surface area (Å²) in [4.78, 5) is 10.1. The lowest BCUT2D eigenvalue weighted by atomic mass is 9.77. The molecule has 0 aliphatic heterocycles. The Hall–Kier alpha value is -1.51. The van der Waals surface area contributed by atoms with E-state index in [0.717, 1.165) is 18.6 Å². The van der Waals surface area contributed by atoms with Crippen molar-refractivity contribution in [3.8, 4) is 5.75 Å². The third-order valence-electron chi connectivity index (χ3n) is 4.76. The average molecular weight is 305 g/mol. The van der Waals surface area contributed by atoms with Crippen LogP contribution in [0.25, 0.3) is 0 Å². The van der Waals surface area contributed by atoms with E-state index in [1.54, 1.807) is 0 Å². The molecule has 1 aromatic carbocycles. The van der Waals surface area contributed by atoms with Crippen molar-refractivity contribution in [2.45, 2.75) is 65.2 Å². The van der Waals surface area contributed by atoms with Gasteiger partial charge in [0.15, 0.2) is 0 Å². The second-order valence-corrected chi connectivity index (χ2v) is 6.97. The maximum atomic E-state index is 10.1. The summed E-state index contributed by atoms with van der Waals surface area (Å²) in [6.45, 7) is 15.3. The van der Waals surface area contributed by atoms with Crippen molar-refractivity contribution in [1.29, 1.82) is 0 Å². The smallest absolute Gasteiger partial charge is 0.417 e. The van der Waals surface area contributed by atoms with Crippen LogP contribution in [0.2, 0.25) is 0 Å². The van der Waals surface area contributed by atoms with Crippen LogP contribution in [0.15, 0.2) is 18.2 Å². The van der Waals surface area contributed by atoms with Gasteiger partial charge in [0, 0.05) is 0 Å². The Morgan fingerprint density at radius 3 is 2.18 bits per heavy atom. The van der Waals surface area contributed by atoms with Crippen LogP contribution in [0.3, 0.4) is 0 Å². The largest absolute Gasteiger partial charge is 0.490 e. The lowest BCUT2D eigenvalue weighted by Crippen LogP contribution is -2.21. The number of ether oxygens (including phenoxy) is 2. The van der Waals surface area contributed by atoms with Crippen LogP contribution in [-0.4, -0.2) is 19.7 Å². The fraction of sp³-hybridized carbons (Fsp3) is 0.632. The van der Waals surface area contributed by atoms with E-state index in [4.69, 9.17) is 4.74 Å². The molecule has 1 aromatic rings. The summed E-state index contributed by atoms with van der Waals surface area (Å²) >= 11 is 0. The SMILES string of the molecule is CCC(C)(C)c1ccc(C(C)(C)CC)c(OCCO[C]=O)c1. The zero-order valence-electron chi connectivity index (χ0n) is 14.8. The standard InChI is InChI=1S/C19H29O3/c1-7-18(3,4)15-9-10-16(19(5,6)8-2)17(13-15)22-12-11-21-14-20/h9-10,13H,7-8,11-12H2,1-6H3.